The van der Waals surface area contributed by atoms with Crippen LogP contribution in [0.3, 0.4) is 0 Å². The molecule has 0 fully saturated rings. The van der Waals surface area contributed by atoms with E-state index in [1.165, 1.54) is 6.92 Å². The largest absolute Gasteiger partial charge is 0.435 e. The van der Waals surface area contributed by atoms with E-state index in [9.17, 15) is 4.79 Å². The monoisotopic (exact) mass is 238 g/mol. The summed E-state index contributed by atoms with van der Waals surface area (Å²) in [7, 11) is 0. The van der Waals surface area contributed by atoms with Gasteiger partial charge in [0.05, 0.1) is 6.26 Å². The van der Waals surface area contributed by atoms with Gasteiger partial charge in [0.25, 0.3) is 3.25 Å². The Morgan fingerprint density at radius 3 is 1.73 bits per heavy atom. The van der Waals surface area contributed by atoms with E-state index < -0.39 is 3.25 Å². The Kier molecular flexibility index (Phi) is 8.92. The van der Waals surface area contributed by atoms with Crippen LogP contribution in [0.5, 0.6) is 0 Å². The van der Waals surface area contributed by atoms with Crippen LogP contribution in [0.25, 0.3) is 0 Å². The number of carbonyl (C=O) groups excluding carboxylic acids is 1. The van der Waals surface area contributed by atoms with E-state index in [2.05, 4.69) is 11.3 Å². The number of halogens is 4. The number of ether oxygens (including phenoxy) is 1. The van der Waals surface area contributed by atoms with E-state index in [1.54, 1.807) is 0 Å². The Hall–Kier alpha value is 0.370. The summed E-state index contributed by atoms with van der Waals surface area (Å²) in [6, 6.07) is 0. The zero-order valence-electron chi connectivity index (χ0n) is 5.61. The molecule has 0 saturated heterocycles. The Morgan fingerprint density at radius 1 is 1.45 bits per heavy atom. The molecule has 0 atom stereocenters. The molecule has 0 unspecified atom stereocenters. The lowest BCUT2D eigenvalue weighted by Crippen LogP contribution is -1.87. The molecular weight excluding hydrogens is 234 g/mol. The van der Waals surface area contributed by atoms with Gasteiger partial charge >= 0.3 is 5.97 Å². The van der Waals surface area contributed by atoms with Gasteiger partial charge < -0.3 is 4.74 Å². The van der Waals surface area contributed by atoms with Gasteiger partial charge in [-0.3, -0.25) is 4.79 Å². The third-order valence-electron chi connectivity index (χ3n) is 0.249. The Balaban J connectivity index is 0. The molecule has 0 saturated carbocycles. The summed E-state index contributed by atoms with van der Waals surface area (Å²) in [6.45, 7) is 4.48. The maximum atomic E-state index is 9.75. The predicted molar refractivity (Wildman–Crippen MR) is 48.1 cm³/mol. The summed E-state index contributed by atoms with van der Waals surface area (Å²) in [4.78, 5) is 9.75. The van der Waals surface area contributed by atoms with Gasteiger partial charge in [-0.05, 0) is 0 Å². The van der Waals surface area contributed by atoms with Crippen molar-refractivity contribution >= 4 is 52.4 Å². The van der Waals surface area contributed by atoms with Crippen LogP contribution in [0.15, 0.2) is 12.8 Å². The second-order valence-corrected chi connectivity index (χ2v) is 4.63. The number of hydrogen-bond donors (Lipinski definition) is 0. The summed E-state index contributed by atoms with van der Waals surface area (Å²) in [5.74, 6) is -0.329. The van der Waals surface area contributed by atoms with Crippen LogP contribution >= 0.6 is 46.4 Å². The molecule has 0 amide bonds. The molecular formula is C5H6Cl4O2. The van der Waals surface area contributed by atoms with Crippen LogP contribution in [0.2, 0.25) is 0 Å². The van der Waals surface area contributed by atoms with Gasteiger partial charge in [-0.15, -0.1) is 0 Å². The third-order valence-corrected chi connectivity index (χ3v) is 0.249. The van der Waals surface area contributed by atoms with Gasteiger partial charge in [0.2, 0.25) is 0 Å². The molecule has 0 heterocycles. The van der Waals surface area contributed by atoms with E-state index in [0.29, 0.717) is 0 Å². The van der Waals surface area contributed by atoms with Gasteiger partial charge in [0.1, 0.15) is 0 Å². The normalized spacial score (nSPS) is 9.18. The quantitative estimate of drug-likeness (QED) is 0.399. The summed E-state index contributed by atoms with van der Waals surface area (Å²) < 4.78 is 2.56. The van der Waals surface area contributed by atoms with Crippen molar-refractivity contribution in [2.75, 3.05) is 0 Å². The number of alkyl halides is 4. The van der Waals surface area contributed by atoms with Crippen molar-refractivity contribution in [1.82, 2.24) is 0 Å². The molecule has 0 N–H and O–H groups in total. The standard InChI is InChI=1S/C4H6O2.CCl4/c1-3-6-4(2)5;2-1(3,4)5/h3H,1H2,2H3;. The van der Waals surface area contributed by atoms with E-state index >= 15 is 0 Å². The summed E-state index contributed by atoms with van der Waals surface area (Å²) in [5.41, 5.74) is 0. The fourth-order valence-electron chi connectivity index (χ4n) is 0.117. The molecule has 2 nitrogen and oxygen atoms in total. The van der Waals surface area contributed by atoms with Crippen molar-refractivity contribution in [1.29, 1.82) is 0 Å². The van der Waals surface area contributed by atoms with E-state index in [4.69, 9.17) is 46.4 Å². The van der Waals surface area contributed by atoms with Gasteiger partial charge in [-0.25, -0.2) is 0 Å². The molecule has 0 aromatic carbocycles. The first-order valence-corrected chi connectivity index (χ1v) is 3.82. The molecule has 0 spiro atoms. The lowest BCUT2D eigenvalue weighted by atomic mass is 10.8. The molecule has 0 bridgehead atoms. The zero-order chi connectivity index (χ0) is 9.49. The average molecular weight is 240 g/mol. The highest BCUT2D eigenvalue weighted by Crippen LogP contribution is 2.29. The van der Waals surface area contributed by atoms with E-state index in [0.717, 1.165) is 6.26 Å². The first kappa shape index (κ1) is 13.9. The highest BCUT2D eigenvalue weighted by atomic mass is 35.6. The van der Waals surface area contributed by atoms with Crippen molar-refractivity contribution in [3.63, 3.8) is 0 Å². The van der Waals surface area contributed by atoms with Gasteiger partial charge in [-0.1, -0.05) is 53.0 Å². The van der Waals surface area contributed by atoms with E-state index in [1.807, 2.05) is 0 Å². The minimum Gasteiger partial charge on any atom is -0.435 e. The van der Waals surface area contributed by atoms with Crippen molar-refractivity contribution < 1.29 is 9.53 Å². The maximum absolute atomic E-state index is 9.75. The topological polar surface area (TPSA) is 26.3 Å². The second kappa shape index (κ2) is 7.04. The van der Waals surface area contributed by atoms with Crippen LogP contribution < -0.4 is 0 Å². The number of carbonyl (C=O) groups is 1. The molecule has 0 radical (unpaired) electrons. The van der Waals surface area contributed by atoms with Crippen molar-refractivity contribution in [2.24, 2.45) is 0 Å². The third kappa shape index (κ3) is 64.0. The summed E-state index contributed by atoms with van der Waals surface area (Å²) >= 11 is 19.3. The van der Waals surface area contributed by atoms with Crippen molar-refractivity contribution in [3.05, 3.63) is 12.8 Å². The van der Waals surface area contributed by atoms with Gasteiger partial charge in [0.15, 0.2) is 0 Å². The van der Waals surface area contributed by atoms with Crippen molar-refractivity contribution in [2.45, 2.75) is 10.2 Å². The molecule has 66 valence electrons. The second-order valence-electron chi connectivity index (χ2n) is 1.20. The fourth-order valence-corrected chi connectivity index (χ4v) is 0.117. The smallest absolute Gasteiger partial charge is 0.307 e. The summed E-state index contributed by atoms with van der Waals surface area (Å²) in [5, 5.41) is 0. The lowest BCUT2D eigenvalue weighted by Gasteiger charge is -1.91. The van der Waals surface area contributed by atoms with Crippen LogP contribution in [-0.4, -0.2) is 9.22 Å². The molecule has 0 aliphatic heterocycles. The molecule has 11 heavy (non-hydrogen) atoms. The van der Waals surface area contributed by atoms with Gasteiger partial charge in [0, 0.05) is 6.92 Å². The summed E-state index contributed by atoms with van der Waals surface area (Å²) in [6.07, 6.45) is 1.10. The Bertz CT molecular complexity index is 123. The van der Waals surface area contributed by atoms with Gasteiger partial charge in [-0.2, -0.15) is 0 Å². The molecule has 0 aromatic rings. The Morgan fingerprint density at radius 2 is 1.73 bits per heavy atom. The van der Waals surface area contributed by atoms with Crippen LogP contribution in [0.4, 0.5) is 0 Å². The molecule has 6 heteroatoms. The highest BCUT2D eigenvalue weighted by molar-refractivity contribution is 6.83. The SMILES string of the molecule is C=COC(C)=O.ClC(Cl)(Cl)Cl. The molecule has 0 rings (SSSR count). The zero-order valence-corrected chi connectivity index (χ0v) is 8.64. The highest BCUT2D eigenvalue weighted by Gasteiger charge is 2.11. The first-order chi connectivity index (χ1) is 4.77. The van der Waals surface area contributed by atoms with Crippen LogP contribution in [0.1, 0.15) is 6.92 Å². The molecule has 0 aromatic heterocycles. The Labute approximate surface area is 85.0 Å². The lowest BCUT2D eigenvalue weighted by molar-refractivity contribution is -0.135. The average Bonchev–Trinajstić information content (AvgIpc) is 1.58. The van der Waals surface area contributed by atoms with E-state index in [-0.39, 0.29) is 5.97 Å². The van der Waals surface area contributed by atoms with Crippen LogP contribution in [0, 0.1) is 0 Å². The maximum Gasteiger partial charge on any atom is 0.307 e. The first-order valence-electron chi connectivity index (χ1n) is 2.31. The molecule has 0 aliphatic carbocycles. The minimum atomic E-state index is -1.61. The minimum absolute atomic E-state index is 0.329. The number of esters is 1. The number of hydrogen-bond acceptors (Lipinski definition) is 2. The molecule has 0 aliphatic rings. The predicted octanol–water partition coefficient (Wildman–Crippen LogP) is 3.25. The fraction of sp³-hybridized carbons (Fsp3) is 0.400. The number of rotatable bonds is 1. The van der Waals surface area contributed by atoms with Crippen molar-refractivity contribution in [3.8, 4) is 0 Å². The van der Waals surface area contributed by atoms with Crippen LogP contribution in [-0.2, 0) is 9.53 Å².